The molecule has 30 heavy (non-hydrogen) atoms. The monoisotopic (exact) mass is 439 g/mol. The fourth-order valence-electron chi connectivity index (χ4n) is 3.24. The summed E-state index contributed by atoms with van der Waals surface area (Å²) in [6, 6.07) is -0.143. The first kappa shape index (κ1) is 22.4. The van der Waals surface area contributed by atoms with E-state index in [1.165, 1.54) is 6.33 Å². The summed E-state index contributed by atoms with van der Waals surface area (Å²) in [5, 5.41) is 0. The van der Waals surface area contributed by atoms with Crippen LogP contribution in [-0.4, -0.2) is 57.3 Å². The number of carbonyl (C=O) groups excluding carboxylic acids is 1. The zero-order valence-electron chi connectivity index (χ0n) is 17.1. The Morgan fingerprint density at radius 2 is 1.93 bits per heavy atom. The number of esters is 1. The summed E-state index contributed by atoms with van der Waals surface area (Å²) in [4.78, 5) is 25.0. The van der Waals surface area contributed by atoms with Crippen LogP contribution in [0.1, 0.15) is 33.2 Å². The summed E-state index contributed by atoms with van der Waals surface area (Å²) in [7, 11) is -3.88. The third-order valence-electron chi connectivity index (χ3n) is 4.46. The van der Waals surface area contributed by atoms with E-state index in [4.69, 9.17) is 24.3 Å². The molecule has 3 rings (SSSR count). The molecule has 0 saturated heterocycles. The smallest absolute Gasteiger partial charge is 0.370 e. The molecule has 1 aliphatic rings. The lowest BCUT2D eigenvalue weighted by atomic mass is 10.2. The standard InChI is InChI=1S/C18H26N5O6P/c1-4-26-17(24)18(30(25,27-5-2)28-6-3)29-13-8-7-12(9-13)23-11-22-14-15(19)20-10-21-16(14)23/h7-8,10-13,18H,4-6,9H2,1-3H3,(H2,19,20,21)/t12-,13+,18?/m1/s1. The van der Waals surface area contributed by atoms with Gasteiger partial charge in [-0.3, -0.25) is 4.57 Å². The van der Waals surface area contributed by atoms with Gasteiger partial charge in [0.05, 0.1) is 38.3 Å². The van der Waals surface area contributed by atoms with E-state index in [9.17, 15) is 9.36 Å². The van der Waals surface area contributed by atoms with Crippen LogP contribution in [-0.2, 0) is 27.9 Å². The molecule has 2 aromatic rings. The number of aromatic nitrogens is 4. The second kappa shape index (κ2) is 9.65. The number of rotatable bonds is 10. The van der Waals surface area contributed by atoms with Crippen molar-refractivity contribution in [3.63, 3.8) is 0 Å². The Bertz CT molecular complexity index is 954. The molecule has 11 nitrogen and oxygen atoms in total. The molecule has 0 amide bonds. The highest BCUT2D eigenvalue weighted by molar-refractivity contribution is 7.55. The summed E-state index contributed by atoms with van der Waals surface area (Å²) in [6.45, 7) is 5.30. The van der Waals surface area contributed by atoms with Crippen molar-refractivity contribution in [2.45, 2.75) is 45.2 Å². The summed E-state index contributed by atoms with van der Waals surface area (Å²) in [5.41, 5.74) is 6.95. The molecule has 0 radical (unpaired) electrons. The summed E-state index contributed by atoms with van der Waals surface area (Å²) >= 11 is 0. The Balaban J connectivity index is 1.79. The van der Waals surface area contributed by atoms with Crippen LogP contribution < -0.4 is 5.73 Å². The van der Waals surface area contributed by atoms with Gasteiger partial charge in [-0.05, 0) is 20.8 Å². The van der Waals surface area contributed by atoms with Crippen LogP contribution >= 0.6 is 7.60 Å². The highest BCUT2D eigenvalue weighted by atomic mass is 31.2. The number of hydrogen-bond donors (Lipinski definition) is 1. The quantitative estimate of drug-likeness (QED) is 0.333. The highest BCUT2D eigenvalue weighted by Gasteiger charge is 2.45. The van der Waals surface area contributed by atoms with Crippen molar-refractivity contribution in [1.29, 1.82) is 0 Å². The van der Waals surface area contributed by atoms with Gasteiger partial charge in [-0.25, -0.2) is 19.7 Å². The fourth-order valence-corrected chi connectivity index (χ4v) is 4.94. The lowest BCUT2D eigenvalue weighted by molar-refractivity contribution is -0.154. The number of imidazole rings is 1. The second-order valence-electron chi connectivity index (χ2n) is 6.43. The van der Waals surface area contributed by atoms with Gasteiger partial charge in [0.15, 0.2) is 11.5 Å². The average Bonchev–Trinajstić information content (AvgIpc) is 3.34. The molecule has 1 unspecified atom stereocenters. The molecule has 12 heteroatoms. The first-order valence-electron chi connectivity index (χ1n) is 9.75. The van der Waals surface area contributed by atoms with E-state index in [1.807, 2.05) is 10.6 Å². The van der Waals surface area contributed by atoms with Gasteiger partial charge in [0, 0.05) is 6.42 Å². The van der Waals surface area contributed by atoms with Gasteiger partial charge >= 0.3 is 13.6 Å². The number of nitrogens with zero attached hydrogens (tertiary/aromatic N) is 4. The summed E-state index contributed by atoms with van der Waals surface area (Å²) in [5.74, 6) is -1.97. The SMILES string of the molecule is CCOC(=O)C(O[C@H]1C=C[C@@H](n2cnc3c(N)ncnc32)C1)P(=O)(OCC)OCC. The molecule has 3 atom stereocenters. The number of nitrogen functional groups attached to an aromatic ring is 1. The van der Waals surface area contributed by atoms with Crippen molar-refractivity contribution in [2.75, 3.05) is 25.6 Å². The Morgan fingerprint density at radius 1 is 1.20 bits per heavy atom. The first-order chi connectivity index (χ1) is 14.4. The maximum atomic E-state index is 13.2. The van der Waals surface area contributed by atoms with Crippen molar-refractivity contribution in [3.8, 4) is 0 Å². The zero-order chi connectivity index (χ0) is 21.7. The van der Waals surface area contributed by atoms with Crippen LogP contribution in [0.3, 0.4) is 0 Å². The molecule has 2 N–H and O–H groups in total. The van der Waals surface area contributed by atoms with Gasteiger partial charge in [0.2, 0.25) is 0 Å². The van der Waals surface area contributed by atoms with E-state index in [0.29, 0.717) is 23.4 Å². The molecule has 0 bridgehead atoms. The van der Waals surface area contributed by atoms with E-state index in [1.54, 1.807) is 33.2 Å². The van der Waals surface area contributed by atoms with Crippen molar-refractivity contribution in [1.82, 2.24) is 19.5 Å². The number of anilines is 1. The van der Waals surface area contributed by atoms with Crippen molar-refractivity contribution >= 4 is 30.5 Å². The second-order valence-corrected chi connectivity index (χ2v) is 8.49. The molecule has 0 saturated carbocycles. The molecule has 0 spiro atoms. The number of ether oxygens (including phenoxy) is 2. The molecule has 0 aliphatic heterocycles. The molecule has 2 aromatic heterocycles. The lowest BCUT2D eigenvalue weighted by Crippen LogP contribution is -2.32. The Labute approximate surface area is 174 Å². The van der Waals surface area contributed by atoms with Gasteiger partial charge < -0.3 is 28.8 Å². The molecule has 2 heterocycles. The van der Waals surface area contributed by atoms with Crippen molar-refractivity contribution in [3.05, 3.63) is 24.8 Å². The van der Waals surface area contributed by atoms with E-state index in [-0.39, 0.29) is 25.9 Å². The first-order valence-corrected chi connectivity index (χ1v) is 11.4. The van der Waals surface area contributed by atoms with Crippen LogP contribution in [0.2, 0.25) is 0 Å². The predicted molar refractivity (Wildman–Crippen MR) is 109 cm³/mol. The van der Waals surface area contributed by atoms with E-state index in [2.05, 4.69) is 15.0 Å². The third kappa shape index (κ3) is 4.54. The maximum Gasteiger partial charge on any atom is 0.370 e. The third-order valence-corrected chi connectivity index (χ3v) is 6.61. The van der Waals surface area contributed by atoms with Crippen molar-refractivity contribution in [2.24, 2.45) is 0 Å². The molecule has 0 aromatic carbocycles. The van der Waals surface area contributed by atoms with Crippen LogP contribution in [0, 0.1) is 0 Å². The Morgan fingerprint density at radius 3 is 2.60 bits per heavy atom. The topological polar surface area (TPSA) is 141 Å². The van der Waals surface area contributed by atoms with E-state index < -0.39 is 25.5 Å². The Hall–Kier alpha value is -2.33. The average molecular weight is 439 g/mol. The fraction of sp³-hybridized carbons (Fsp3) is 0.556. The maximum absolute atomic E-state index is 13.2. The number of fused-ring (bicyclic) bond motifs is 1. The van der Waals surface area contributed by atoms with Gasteiger partial charge in [-0.15, -0.1) is 0 Å². The molecular weight excluding hydrogens is 413 g/mol. The normalized spacial score (nSPS) is 20.0. The highest BCUT2D eigenvalue weighted by Crippen LogP contribution is 2.54. The van der Waals surface area contributed by atoms with Gasteiger partial charge in [-0.1, -0.05) is 12.2 Å². The predicted octanol–water partition coefficient (Wildman–Crippen LogP) is 2.45. The molecular formula is C18H26N5O6P. The molecule has 164 valence electrons. The van der Waals surface area contributed by atoms with E-state index >= 15 is 0 Å². The minimum Gasteiger partial charge on any atom is -0.464 e. The van der Waals surface area contributed by atoms with Gasteiger partial charge in [0.1, 0.15) is 11.8 Å². The van der Waals surface area contributed by atoms with Gasteiger partial charge in [0.25, 0.3) is 5.85 Å². The Kier molecular flexibility index (Phi) is 7.19. The van der Waals surface area contributed by atoms with Crippen LogP contribution in [0.4, 0.5) is 5.82 Å². The van der Waals surface area contributed by atoms with Crippen LogP contribution in [0.5, 0.6) is 0 Å². The lowest BCUT2D eigenvalue weighted by Gasteiger charge is -2.27. The number of nitrogens with two attached hydrogens (primary N) is 1. The van der Waals surface area contributed by atoms with E-state index in [0.717, 1.165) is 0 Å². The van der Waals surface area contributed by atoms with Crippen molar-refractivity contribution < 1.29 is 27.9 Å². The van der Waals surface area contributed by atoms with Gasteiger partial charge in [-0.2, -0.15) is 0 Å². The van der Waals surface area contributed by atoms with Crippen LogP contribution in [0.15, 0.2) is 24.8 Å². The minimum atomic E-state index is -3.88. The number of carbonyl (C=O) groups is 1. The summed E-state index contributed by atoms with van der Waals surface area (Å²) < 4.78 is 36.6. The summed E-state index contributed by atoms with van der Waals surface area (Å²) in [6.07, 6.45) is 6.63. The zero-order valence-corrected chi connectivity index (χ0v) is 18.0. The molecule has 1 aliphatic carbocycles. The largest absolute Gasteiger partial charge is 0.464 e. The number of hydrogen-bond acceptors (Lipinski definition) is 10. The molecule has 0 fully saturated rings. The van der Waals surface area contributed by atoms with Crippen LogP contribution in [0.25, 0.3) is 11.2 Å². The minimum absolute atomic E-state index is 0.0990. The number of allylic oxidation sites excluding steroid dienone is 1.